The Balaban J connectivity index is 1.53. The van der Waals surface area contributed by atoms with Gasteiger partial charge in [-0.15, -0.1) is 0 Å². The summed E-state index contributed by atoms with van der Waals surface area (Å²) in [6.07, 6.45) is -0.847. The van der Waals surface area contributed by atoms with Gasteiger partial charge in [-0.25, -0.2) is 9.78 Å². The summed E-state index contributed by atoms with van der Waals surface area (Å²) in [4.78, 5) is 31.3. The molecule has 0 saturated carbocycles. The van der Waals surface area contributed by atoms with Gasteiger partial charge in [0, 0.05) is 18.8 Å². The maximum Gasteiger partial charge on any atom is 0.338 e. The van der Waals surface area contributed by atoms with Crippen LogP contribution >= 0.6 is 0 Å². The van der Waals surface area contributed by atoms with Gasteiger partial charge >= 0.3 is 5.97 Å². The summed E-state index contributed by atoms with van der Waals surface area (Å²) >= 11 is 0. The van der Waals surface area contributed by atoms with Crippen LogP contribution in [0.5, 0.6) is 0 Å². The molecule has 0 aliphatic carbocycles. The third kappa shape index (κ3) is 3.86. The Kier molecular flexibility index (Phi) is 5.31. The van der Waals surface area contributed by atoms with Crippen molar-refractivity contribution in [2.75, 3.05) is 26.3 Å². The number of amides is 1. The molecule has 2 heterocycles. The van der Waals surface area contributed by atoms with E-state index >= 15 is 0 Å². The highest BCUT2D eigenvalue weighted by molar-refractivity contribution is 5.95. The lowest BCUT2D eigenvalue weighted by atomic mass is 10.2. The lowest BCUT2D eigenvalue weighted by Gasteiger charge is -2.28. The number of benzene rings is 2. The number of carbonyl (C=O) groups is 2. The van der Waals surface area contributed by atoms with Crippen LogP contribution in [0.25, 0.3) is 16.7 Å². The van der Waals surface area contributed by atoms with Gasteiger partial charge in [-0.1, -0.05) is 18.2 Å². The number of ether oxygens (including phenoxy) is 2. The molecule has 1 aliphatic heterocycles. The first-order valence-corrected chi connectivity index (χ1v) is 9.66. The number of hydrogen-bond acceptors (Lipinski definition) is 5. The van der Waals surface area contributed by atoms with Crippen molar-refractivity contribution >= 4 is 22.9 Å². The molecule has 1 fully saturated rings. The average molecular weight is 393 g/mol. The number of nitrogens with zero attached hydrogens (tertiary/aromatic N) is 3. The zero-order valence-electron chi connectivity index (χ0n) is 16.5. The van der Waals surface area contributed by atoms with Gasteiger partial charge in [0.05, 0.1) is 29.8 Å². The Hall–Kier alpha value is -3.19. The second-order valence-corrected chi connectivity index (χ2v) is 7.02. The van der Waals surface area contributed by atoms with Crippen LogP contribution in [0.1, 0.15) is 23.1 Å². The largest absolute Gasteiger partial charge is 0.449 e. The third-order valence-corrected chi connectivity index (χ3v) is 5.03. The summed E-state index contributed by atoms with van der Waals surface area (Å²) in [6, 6.07) is 15.2. The van der Waals surface area contributed by atoms with E-state index in [1.807, 2.05) is 47.9 Å². The highest BCUT2D eigenvalue weighted by Gasteiger charge is 2.26. The molecule has 0 bridgehead atoms. The van der Waals surface area contributed by atoms with E-state index in [9.17, 15) is 9.59 Å². The Morgan fingerprint density at radius 1 is 1.10 bits per heavy atom. The monoisotopic (exact) mass is 393 g/mol. The fourth-order valence-electron chi connectivity index (χ4n) is 3.55. The molecule has 0 unspecified atom stereocenters. The predicted molar refractivity (Wildman–Crippen MR) is 108 cm³/mol. The van der Waals surface area contributed by atoms with Gasteiger partial charge in [0.15, 0.2) is 6.10 Å². The number of para-hydroxylation sites is 1. The highest BCUT2D eigenvalue weighted by atomic mass is 16.5. The van der Waals surface area contributed by atoms with Crippen molar-refractivity contribution in [3.8, 4) is 5.69 Å². The van der Waals surface area contributed by atoms with Gasteiger partial charge in [0.25, 0.3) is 5.91 Å². The van der Waals surface area contributed by atoms with Crippen molar-refractivity contribution in [2.45, 2.75) is 20.0 Å². The van der Waals surface area contributed by atoms with Crippen LogP contribution in [0.4, 0.5) is 0 Å². The SMILES string of the molecule is Cc1nc2cc(C(=O)O[C@@H](C)C(=O)N3CCOCC3)ccc2n1-c1ccccc1. The van der Waals surface area contributed by atoms with E-state index in [0.29, 0.717) is 37.4 Å². The molecule has 1 atom stereocenters. The standard InChI is InChI=1S/C22H23N3O4/c1-15(21(26)24-10-12-28-13-11-24)29-22(27)17-8-9-20-19(14-17)23-16(2)25(20)18-6-4-3-5-7-18/h3-9,14-15H,10-13H2,1-2H3/t15-/m0/s1. The molecule has 150 valence electrons. The smallest absolute Gasteiger partial charge is 0.338 e. The second-order valence-electron chi connectivity index (χ2n) is 7.02. The van der Waals surface area contributed by atoms with Crippen molar-refractivity contribution in [1.82, 2.24) is 14.5 Å². The normalized spacial score (nSPS) is 15.3. The minimum atomic E-state index is -0.847. The van der Waals surface area contributed by atoms with Gasteiger partial charge in [0.2, 0.25) is 0 Å². The first-order valence-electron chi connectivity index (χ1n) is 9.66. The topological polar surface area (TPSA) is 73.7 Å². The number of hydrogen-bond donors (Lipinski definition) is 0. The Morgan fingerprint density at radius 3 is 2.55 bits per heavy atom. The molecule has 0 radical (unpaired) electrons. The summed E-state index contributed by atoms with van der Waals surface area (Å²) in [5, 5.41) is 0. The predicted octanol–water partition coefficient (Wildman–Crippen LogP) is 2.74. The number of imidazole rings is 1. The molecule has 1 amide bonds. The van der Waals surface area contributed by atoms with E-state index in [4.69, 9.17) is 9.47 Å². The molecular weight excluding hydrogens is 370 g/mol. The molecule has 7 heteroatoms. The summed E-state index contributed by atoms with van der Waals surface area (Å²) < 4.78 is 12.7. The maximum absolute atomic E-state index is 12.6. The molecule has 0 spiro atoms. The second kappa shape index (κ2) is 8.05. The van der Waals surface area contributed by atoms with Crippen molar-refractivity contribution < 1.29 is 19.1 Å². The van der Waals surface area contributed by atoms with Crippen LogP contribution in [0.2, 0.25) is 0 Å². The first-order chi connectivity index (χ1) is 14.0. The highest BCUT2D eigenvalue weighted by Crippen LogP contribution is 2.23. The Morgan fingerprint density at radius 2 is 1.83 bits per heavy atom. The van der Waals surface area contributed by atoms with Gasteiger partial charge < -0.3 is 14.4 Å². The van der Waals surface area contributed by atoms with Crippen LogP contribution in [0, 0.1) is 6.92 Å². The van der Waals surface area contributed by atoms with Crippen molar-refractivity contribution in [3.63, 3.8) is 0 Å². The number of rotatable bonds is 4. The first kappa shape index (κ1) is 19.1. The van der Waals surface area contributed by atoms with E-state index in [0.717, 1.165) is 17.0 Å². The van der Waals surface area contributed by atoms with Crippen LogP contribution in [-0.2, 0) is 14.3 Å². The molecule has 1 aliphatic rings. The zero-order valence-corrected chi connectivity index (χ0v) is 16.5. The van der Waals surface area contributed by atoms with E-state index in [1.165, 1.54) is 0 Å². The Labute approximate surface area is 168 Å². The summed E-state index contributed by atoms with van der Waals surface area (Å²) in [6.45, 7) is 5.57. The molecular formula is C22H23N3O4. The summed E-state index contributed by atoms with van der Waals surface area (Å²) in [5.41, 5.74) is 2.99. The lowest BCUT2D eigenvalue weighted by Crippen LogP contribution is -2.46. The minimum absolute atomic E-state index is 0.202. The van der Waals surface area contributed by atoms with E-state index in [1.54, 1.807) is 24.0 Å². The summed E-state index contributed by atoms with van der Waals surface area (Å²) in [7, 11) is 0. The quantitative estimate of drug-likeness (QED) is 0.637. The summed E-state index contributed by atoms with van der Waals surface area (Å²) in [5.74, 6) is 0.0902. The van der Waals surface area contributed by atoms with E-state index < -0.39 is 12.1 Å². The number of carbonyl (C=O) groups excluding carboxylic acids is 2. The lowest BCUT2D eigenvalue weighted by molar-refractivity contribution is -0.143. The number of morpholine rings is 1. The van der Waals surface area contributed by atoms with Gasteiger partial charge in [-0.2, -0.15) is 0 Å². The fourth-order valence-corrected chi connectivity index (χ4v) is 3.55. The minimum Gasteiger partial charge on any atom is -0.449 e. The number of fused-ring (bicyclic) bond motifs is 1. The number of aryl methyl sites for hydroxylation is 1. The van der Waals surface area contributed by atoms with Crippen molar-refractivity contribution in [1.29, 1.82) is 0 Å². The number of esters is 1. The third-order valence-electron chi connectivity index (χ3n) is 5.03. The molecule has 2 aromatic carbocycles. The molecule has 1 saturated heterocycles. The van der Waals surface area contributed by atoms with Crippen molar-refractivity contribution in [3.05, 3.63) is 59.9 Å². The average Bonchev–Trinajstić information content (AvgIpc) is 3.09. The fraction of sp³-hybridized carbons (Fsp3) is 0.318. The van der Waals surface area contributed by atoms with Crippen LogP contribution in [0.15, 0.2) is 48.5 Å². The molecule has 7 nitrogen and oxygen atoms in total. The molecule has 0 N–H and O–H groups in total. The zero-order chi connectivity index (χ0) is 20.4. The van der Waals surface area contributed by atoms with Gasteiger partial charge in [-0.05, 0) is 44.2 Å². The maximum atomic E-state index is 12.6. The molecule has 1 aromatic heterocycles. The Bertz CT molecular complexity index is 1040. The van der Waals surface area contributed by atoms with Crippen molar-refractivity contribution in [2.24, 2.45) is 0 Å². The van der Waals surface area contributed by atoms with E-state index in [2.05, 4.69) is 4.98 Å². The van der Waals surface area contributed by atoms with Crippen LogP contribution < -0.4 is 0 Å². The molecule has 3 aromatic rings. The molecule has 29 heavy (non-hydrogen) atoms. The van der Waals surface area contributed by atoms with Gasteiger partial charge in [0.1, 0.15) is 5.82 Å². The number of aromatic nitrogens is 2. The van der Waals surface area contributed by atoms with Crippen LogP contribution in [-0.4, -0.2) is 58.7 Å². The van der Waals surface area contributed by atoms with E-state index in [-0.39, 0.29) is 5.91 Å². The molecule has 4 rings (SSSR count). The van der Waals surface area contributed by atoms with Crippen LogP contribution in [0.3, 0.4) is 0 Å². The van der Waals surface area contributed by atoms with Gasteiger partial charge in [-0.3, -0.25) is 9.36 Å².